The Morgan fingerprint density at radius 2 is 0.780 bits per heavy atom. The number of esters is 2. The predicted molar refractivity (Wildman–Crippen MR) is 445 cm³/mol. The maximum Gasteiger partial charge on any atom is 0.311 e. The van der Waals surface area contributed by atoms with E-state index in [1.54, 1.807) is 95.6 Å². The van der Waals surface area contributed by atoms with Gasteiger partial charge in [-0.1, -0.05) is 105 Å². The zero-order valence-electron chi connectivity index (χ0n) is 76.9. The molecule has 6 rings (SSSR count). The van der Waals surface area contributed by atoms with Gasteiger partial charge in [0.15, 0.2) is 25.2 Å². The number of ether oxygens (including phenoxy) is 14. The zero-order chi connectivity index (χ0) is 88.7. The molecule has 688 valence electrons. The van der Waals surface area contributed by atoms with Gasteiger partial charge < -0.3 is 127 Å². The minimum absolute atomic E-state index is 0.0662. The normalized spacial score (nSPS) is 45.5. The molecular formula is C88H160N4O26. The fourth-order valence-electron chi connectivity index (χ4n) is 19.4. The minimum Gasteiger partial charge on any atom is -0.459 e. The molecule has 0 radical (unpaired) electrons. The molecule has 6 heterocycles. The first-order chi connectivity index (χ1) is 55.2. The highest BCUT2D eigenvalue weighted by atomic mass is 16.7. The molecule has 8 N–H and O–H groups in total. The fourth-order valence-corrected chi connectivity index (χ4v) is 19.4. The van der Waals surface area contributed by atoms with E-state index in [1.165, 1.54) is 28.1 Å². The van der Waals surface area contributed by atoms with E-state index in [9.17, 15) is 40.9 Å². The molecule has 36 atom stereocenters. The number of carbonyl (C=O) groups excluding carboxylic acids is 2. The van der Waals surface area contributed by atoms with Crippen LogP contribution in [0.5, 0.6) is 0 Å². The Morgan fingerprint density at radius 3 is 1.08 bits per heavy atom. The molecule has 30 nitrogen and oxygen atoms in total. The number of nitrogens with zero attached hydrogens (tertiary/aromatic N) is 4. The van der Waals surface area contributed by atoms with Crippen LogP contribution in [-0.4, -0.2) is 311 Å². The molecule has 6 saturated heterocycles. The topological polar surface area (TPSA) is 375 Å². The zero-order valence-corrected chi connectivity index (χ0v) is 76.9. The van der Waals surface area contributed by atoms with E-state index in [4.69, 9.17) is 86.3 Å². The first-order valence-electron chi connectivity index (χ1n) is 44.0. The summed E-state index contributed by atoms with van der Waals surface area (Å²) in [5.74, 6) is -8.57. The highest BCUT2D eigenvalue weighted by Crippen LogP contribution is 2.46. The molecular weight excluding hydrogens is 1530 g/mol. The summed E-state index contributed by atoms with van der Waals surface area (Å²) >= 11 is 0. The molecule has 0 aromatic rings. The second kappa shape index (κ2) is 45.3. The van der Waals surface area contributed by atoms with Crippen molar-refractivity contribution in [1.29, 1.82) is 0 Å². The van der Waals surface area contributed by atoms with Crippen LogP contribution in [0.4, 0.5) is 0 Å². The lowest BCUT2D eigenvalue weighted by Crippen LogP contribution is -2.61. The van der Waals surface area contributed by atoms with Gasteiger partial charge in [0.25, 0.3) is 0 Å². The van der Waals surface area contributed by atoms with Crippen molar-refractivity contribution in [2.24, 2.45) is 57.7 Å². The number of hydrogen-bond acceptors (Lipinski definition) is 30. The smallest absolute Gasteiger partial charge is 0.311 e. The summed E-state index contributed by atoms with van der Waals surface area (Å²) in [4.78, 5) is 46.7. The molecule has 6 aliphatic heterocycles. The molecule has 0 aliphatic carbocycles. The quantitative estimate of drug-likeness (QED) is 0.0144. The Labute approximate surface area is 705 Å². The summed E-state index contributed by atoms with van der Waals surface area (Å²) in [6.07, 6.45) is -10.3. The maximum atomic E-state index is 15.0. The van der Waals surface area contributed by atoms with Crippen LogP contribution in [0.15, 0.2) is 22.5 Å². The van der Waals surface area contributed by atoms with Crippen LogP contribution in [0.25, 0.3) is 0 Å². The van der Waals surface area contributed by atoms with Gasteiger partial charge in [0, 0.05) is 88.9 Å². The van der Waals surface area contributed by atoms with Crippen molar-refractivity contribution in [2.45, 2.75) is 411 Å². The number of rotatable bonds is 30. The van der Waals surface area contributed by atoms with E-state index in [1.807, 2.05) is 69.5 Å². The largest absolute Gasteiger partial charge is 0.459 e. The number of hydrogen-bond donors (Lipinski definition) is 8. The molecule has 0 unspecified atom stereocenters. The van der Waals surface area contributed by atoms with E-state index in [-0.39, 0.29) is 76.0 Å². The number of unbranched alkanes of at least 4 members (excludes halogenated alkanes) is 4. The molecule has 0 spiro atoms. The predicted octanol–water partition coefficient (Wildman–Crippen LogP) is 9.18. The van der Waals surface area contributed by atoms with Gasteiger partial charge in [-0.2, -0.15) is 0 Å². The number of aliphatic hydroxyl groups is 8. The monoisotopic (exact) mass is 1690 g/mol. The van der Waals surface area contributed by atoms with Crippen molar-refractivity contribution in [3.8, 4) is 0 Å². The van der Waals surface area contributed by atoms with E-state index in [0.717, 1.165) is 51.6 Å². The summed E-state index contributed by atoms with van der Waals surface area (Å²) in [6.45, 7) is 40.6. The number of aliphatic hydroxyl groups excluding tert-OH is 6. The summed E-state index contributed by atoms with van der Waals surface area (Å²) in [5, 5.41) is 108. The van der Waals surface area contributed by atoms with E-state index >= 15 is 9.59 Å². The molecule has 6 aliphatic rings. The summed E-state index contributed by atoms with van der Waals surface area (Å²) < 4.78 is 92.2. The van der Waals surface area contributed by atoms with Crippen molar-refractivity contribution in [3.63, 3.8) is 0 Å². The molecule has 0 bridgehead atoms. The van der Waals surface area contributed by atoms with E-state index in [2.05, 4.69) is 23.6 Å². The van der Waals surface area contributed by atoms with Crippen molar-refractivity contribution in [2.75, 3.05) is 68.8 Å². The lowest BCUT2D eigenvalue weighted by Gasteiger charge is -2.50. The summed E-state index contributed by atoms with van der Waals surface area (Å²) in [6, 6.07) is -0.700. The summed E-state index contributed by atoms with van der Waals surface area (Å²) in [5.41, 5.74) is -8.52. The van der Waals surface area contributed by atoms with Gasteiger partial charge >= 0.3 is 11.9 Å². The third kappa shape index (κ3) is 24.9. The SMILES string of the molecule is CCCCCN(C)[C@@H]1C[C@H](C)O[C@H](O[C@@H]2[C@@H](C)[C@H](O[C@@H]3C[C@](C)(OC)[C@H](O)[C@@H](C)O3)[C@@H](C)C(=O)O[C@H](CC)[C@@](C)(O)[C@H](O)[C@@H](C)/C(=N/OC/C=C/CO/N=C3\[C@H](C)C[C@](C)(OC)[C@H](O[C@@H]4O[C@H](C)C[C@H](N(C)CCCCC)[C@H]4O)[C@@H](C)[C@H](O[C@H]4C[C@@](C)(OC)[C@@H](O)[C@H](C)O4)[C@@H](C)C(=O)O[C@H](CC)[C@@](C)(O)[C@H](O)[C@H]3C)[C@H](C)C[C@]2(C)OC)[C@H]1O. The Morgan fingerprint density at radius 1 is 0.449 bits per heavy atom. The van der Waals surface area contributed by atoms with E-state index < -0.39 is 204 Å². The highest BCUT2D eigenvalue weighted by molar-refractivity contribution is 5.89. The third-order valence-corrected chi connectivity index (χ3v) is 27.5. The van der Waals surface area contributed by atoms with Crippen molar-refractivity contribution >= 4 is 23.4 Å². The maximum absolute atomic E-state index is 15.0. The van der Waals surface area contributed by atoms with Gasteiger partial charge in [-0.25, -0.2) is 0 Å². The second-order valence-corrected chi connectivity index (χ2v) is 37.0. The molecule has 118 heavy (non-hydrogen) atoms. The van der Waals surface area contributed by atoms with Gasteiger partial charge in [0.05, 0.1) is 107 Å². The van der Waals surface area contributed by atoms with Gasteiger partial charge in [0.1, 0.15) is 61.0 Å². The molecule has 0 aromatic carbocycles. The highest BCUT2D eigenvalue weighted by Gasteiger charge is 2.58. The first kappa shape index (κ1) is 104. The van der Waals surface area contributed by atoms with Crippen LogP contribution in [0.1, 0.15) is 242 Å². The third-order valence-electron chi connectivity index (χ3n) is 27.5. The Hall–Kier alpha value is -3.26. The van der Waals surface area contributed by atoms with Crippen LogP contribution in [0.2, 0.25) is 0 Å². The Balaban J connectivity index is 1.40. The fraction of sp³-hybridized carbons (Fsp3) is 0.932. The number of oxime groups is 2. The van der Waals surface area contributed by atoms with Crippen molar-refractivity contribution < 1.29 is 126 Å². The van der Waals surface area contributed by atoms with Gasteiger partial charge in [-0.3, -0.25) is 9.59 Å². The Bertz CT molecular complexity index is 2920. The Kier molecular flexibility index (Phi) is 39.7. The van der Waals surface area contributed by atoms with Gasteiger partial charge in [0.2, 0.25) is 0 Å². The molecule has 0 amide bonds. The van der Waals surface area contributed by atoms with Gasteiger partial charge in [-0.15, -0.1) is 0 Å². The molecule has 0 saturated carbocycles. The first-order valence-corrected chi connectivity index (χ1v) is 44.0. The summed E-state index contributed by atoms with van der Waals surface area (Å²) in [7, 11) is 10.1. The van der Waals surface area contributed by atoms with Crippen LogP contribution in [-0.2, 0) is 85.6 Å². The van der Waals surface area contributed by atoms with Gasteiger partial charge in [-0.05, 0) is 174 Å². The molecule has 0 aromatic heterocycles. The number of carbonyl (C=O) groups is 2. The average molecular weight is 1690 g/mol. The second-order valence-electron chi connectivity index (χ2n) is 37.0. The van der Waals surface area contributed by atoms with E-state index in [0.29, 0.717) is 24.3 Å². The standard InChI is InChI=1S/C88H160N4O26/c1-29-33-35-39-91(23)61-43-51(7)109-81(69(61)93)117-77-55(11)71(115-65-47-83(17,103-25)75(97)59(15)111-65)57(13)79(99)113-63(31-3)87(21,101)73(95)53(9)67(49(5)45-85(77,19)105-27)89-107-41-37-38-42-108-90-68-50(6)46-86(20,106-28)78(118-82-70(94)62(44-52(8)110-82)92(24)40-36-34-30-2)56(12)72(116-66-48-84(18,104-26)76(98)60(16)112-66)58(14)80(100)114-64(32-4)88(22,102)74(96)54(68)10/h37-38,49-66,69-78,81-82,93-98,101-102H,29-36,39-48H2,1-28H3/b38-37+,89-67+,90-68+/t49-,50-,51-,52+,53+,54+,55+,56+,57-,58-,59+,60-,61+,62-,63-,64-,65+,66-,69-,70+,71+,72+,73-,74-,75+,76-,77-,78-,81+,82-,83-,84+,85+,86+,87-,88-/m1/s1. The molecule has 30 heteroatoms. The van der Waals surface area contributed by atoms with Crippen LogP contribution in [0, 0.1) is 47.3 Å². The number of methoxy groups -OCH3 is 4. The lowest BCUT2D eigenvalue weighted by molar-refractivity contribution is -0.319. The number of cyclic esters (lactones) is 2. The van der Waals surface area contributed by atoms with Crippen molar-refractivity contribution in [3.05, 3.63) is 12.2 Å². The minimum atomic E-state index is -2.08. The number of likely N-dealkylation sites (N-methyl/N-ethyl adjacent to an activating group) is 2. The average Bonchev–Trinajstić information content (AvgIpc) is 0.769. The molecule has 6 fully saturated rings. The van der Waals surface area contributed by atoms with Crippen LogP contribution in [0.3, 0.4) is 0 Å². The van der Waals surface area contributed by atoms with Crippen molar-refractivity contribution in [1.82, 2.24) is 9.80 Å². The van der Waals surface area contributed by atoms with Crippen LogP contribution < -0.4 is 0 Å². The van der Waals surface area contributed by atoms with Crippen LogP contribution >= 0.6 is 0 Å². The lowest BCUT2D eigenvalue weighted by atomic mass is 9.73.